The number of hydrogen-bond acceptors (Lipinski definition) is 3. The van der Waals surface area contributed by atoms with Gasteiger partial charge in [0, 0.05) is 24.0 Å². The van der Waals surface area contributed by atoms with E-state index in [1.54, 1.807) is 17.4 Å². The Bertz CT molecular complexity index is 638. The molecule has 0 atom stereocenters. The number of carboxylic acid groups (broad SMARTS) is 1. The minimum absolute atomic E-state index is 0.0110. The SMILES string of the molecule is O=C(O)c1cc(F)cc(CN(Cc2cccs2)C2CC2)c1. The third-order valence-corrected chi connectivity index (χ3v) is 4.45. The van der Waals surface area contributed by atoms with Crippen molar-refractivity contribution in [3.05, 3.63) is 57.5 Å². The molecule has 0 spiro atoms. The molecule has 1 fully saturated rings. The molecule has 0 amide bonds. The van der Waals surface area contributed by atoms with Gasteiger partial charge in [0.2, 0.25) is 0 Å². The minimum atomic E-state index is -1.09. The summed E-state index contributed by atoms with van der Waals surface area (Å²) in [6.07, 6.45) is 2.32. The lowest BCUT2D eigenvalue weighted by Crippen LogP contribution is -2.24. The predicted molar refractivity (Wildman–Crippen MR) is 79.9 cm³/mol. The highest BCUT2D eigenvalue weighted by atomic mass is 32.1. The maximum atomic E-state index is 13.6. The Morgan fingerprint density at radius 2 is 2.14 bits per heavy atom. The van der Waals surface area contributed by atoms with Gasteiger partial charge in [-0.2, -0.15) is 0 Å². The first-order valence-electron chi connectivity index (χ1n) is 6.91. The number of carboxylic acids is 1. The summed E-state index contributed by atoms with van der Waals surface area (Å²) in [5.74, 6) is -1.58. The highest BCUT2D eigenvalue weighted by molar-refractivity contribution is 7.09. The monoisotopic (exact) mass is 305 g/mol. The molecule has 1 aliphatic carbocycles. The highest BCUT2D eigenvalue weighted by Gasteiger charge is 2.29. The van der Waals surface area contributed by atoms with Crippen LogP contribution in [0.3, 0.4) is 0 Å². The van der Waals surface area contributed by atoms with Crippen LogP contribution in [0.25, 0.3) is 0 Å². The number of rotatable bonds is 6. The Morgan fingerprint density at radius 3 is 2.76 bits per heavy atom. The van der Waals surface area contributed by atoms with E-state index >= 15 is 0 Å². The van der Waals surface area contributed by atoms with Gasteiger partial charge in [-0.3, -0.25) is 4.90 Å². The molecule has 5 heteroatoms. The summed E-state index contributed by atoms with van der Waals surface area (Å²) in [7, 11) is 0. The summed E-state index contributed by atoms with van der Waals surface area (Å²) in [5, 5.41) is 11.1. The molecule has 1 aliphatic rings. The average molecular weight is 305 g/mol. The van der Waals surface area contributed by atoms with Crippen molar-refractivity contribution in [2.45, 2.75) is 32.0 Å². The summed E-state index contributed by atoms with van der Waals surface area (Å²) < 4.78 is 13.6. The molecule has 3 nitrogen and oxygen atoms in total. The van der Waals surface area contributed by atoms with Crippen LogP contribution in [0.5, 0.6) is 0 Å². The largest absolute Gasteiger partial charge is 0.478 e. The van der Waals surface area contributed by atoms with E-state index in [4.69, 9.17) is 5.11 Å². The number of carbonyl (C=O) groups is 1. The first-order valence-corrected chi connectivity index (χ1v) is 7.79. The van der Waals surface area contributed by atoms with Gasteiger partial charge < -0.3 is 5.11 Å². The van der Waals surface area contributed by atoms with Crippen LogP contribution in [-0.4, -0.2) is 22.0 Å². The second-order valence-electron chi connectivity index (χ2n) is 5.37. The third-order valence-electron chi connectivity index (χ3n) is 3.59. The highest BCUT2D eigenvalue weighted by Crippen LogP contribution is 2.30. The van der Waals surface area contributed by atoms with Crippen LogP contribution in [-0.2, 0) is 13.1 Å². The maximum Gasteiger partial charge on any atom is 0.335 e. The van der Waals surface area contributed by atoms with E-state index in [0.29, 0.717) is 12.6 Å². The number of hydrogen-bond donors (Lipinski definition) is 1. The zero-order valence-electron chi connectivity index (χ0n) is 11.5. The van der Waals surface area contributed by atoms with Gasteiger partial charge in [0.15, 0.2) is 0 Å². The van der Waals surface area contributed by atoms with Crippen molar-refractivity contribution in [2.75, 3.05) is 0 Å². The van der Waals surface area contributed by atoms with Crippen molar-refractivity contribution in [3.8, 4) is 0 Å². The quantitative estimate of drug-likeness (QED) is 0.883. The number of halogens is 1. The normalized spacial score (nSPS) is 14.6. The van der Waals surface area contributed by atoms with E-state index in [2.05, 4.69) is 11.0 Å². The Balaban J connectivity index is 1.78. The molecular formula is C16H16FNO2S. The smallest absolute Gasteiger partial charge is 0.335 e. The second kappa shape index (κ2) is 5.95. The summed E-state index contributed by atoms with van der Waals surface area (Å²) >= 11 is 1.71. The first kappa shape index (κ1) is 14.2. The van der Waals surface area contributed by atoms with Crippen LogP contribution < -0.4 is 0 Å². The number of thiophene rings is 1. The number of aromatic carboxylic acids is 1. The van der Waals surface area contributed by atoms with Gasteiger partial charge in [-0.15, -0.1) is 11.3 Å². The van der Waals surface area contributed by atoms with Gasteiger partial charge in [-0.05, 0) is 48.1 Å². The van der Waals surface area contributed by atoms with Crippen molar-refractivity contribution in [1.82, 2.24) is 4.90 Å². The van der Waals surface area contributed by atoms with Crippen LogP contribution in [0.2, 0.25) is 0 Å². The molecule has 1 aromatic heterocycles. The van der Waals surface area contributed by atoms with Crippen LogP contribution in [0.4, 0.5) is 4.39 Å². The fourth-order valence-corrected chi connectivity index (χ4v) is 3.19. The van der Waals surface area contributed by atoms with E-state index < -0.39 is 11.8 Å². The fourth-order valence-electron chi connectivity index (χ4n) is 2.46. The van der Waals surface area contributed by atoms with Crippen LogP contribution >= 0.6 is 11.3 Å². The Morgan fingerprint density at radius 1 is 1.33 bits per heavy atom. The predicted octanol–water partition coefficient (Wildman–Crippen LogP) is 3.75. The van der Waals surface area contributed by atoms with E-state index in [1.165, 1.54) is 10.9 Å². The molecule has 3 rings (SSSR count). The third kappa shape index (κ3) is 3.68. The summed E-state index contributed by atoms with van der Waals surface area (Å²) in [5.41, 5.74) is 0.729. The van der Waals surface area contributed by atoms with Gasteiger partial charge in [0.25, 0.3) is 0 Å². The van der Waals surface area contributed by atoms with Crippen molar-refractivity contribution in [3.63, 3.8) is 0 Å². The van der Waals surface area contributed by atoms with Gasteiger partial charge in [-0.25, -0.2) is 9.18 Å². The van der Waals surface area contributed by atoms with Gasteiger partial charge >= 0.3 is 5.97 Å². The number of benzene rings is 1. The number of nitrogens with zero attached hydrogens (tertiary/aromatic N) is 1. The molecule has 0 saturated heterocycles. The van der Waals surface area contributed by atoms with Gasteiger partial charge in [0.1, 0.15) is 5.82 Å². The Kier molecular flexibility index (Phi) is 4.03. The van der Waals surface area contributed by atoms with E-state index in [-0.39, 0.29) is 5.56 Å². The average Bonchev–Trinajstić information content (AvgIpc) is 3.16. The second-order valence-corrected chi connectivity index (χ2v) is 6.40. The standard InChI is InChI=1S/C16H16FNO2S/c17-13-7-11(6-12(8-13)16(19)20)9-18(14-3-4-14)10-15-2-1-5-21-15/h1-2,5-8,14H,3-4,9-10H2,(H,19,20). The lowest BCUT2D eigenvalue weighted by atomic mass is 10.1. The van der Waals surface area contributed by atoms with E-state index in [9.17, 15) is 9.18 Å². The van der Waals surface area contributed by atoms with Crippen molar-refractivity contribution >= 4 is 17.3 Å². The van der Waals surface area contributed by atoms with Crippen molar-refractivity contribution in [1.29, 1.82) is 0 Å². The molecule has 21 heavy (non-hydrogen) atoms. The Hall–Kier alpha value is -1.72. The molecule has 0 radical (unpaired) electrons. The van der Waals surface area contributed by atoms with E-state index in [1.807, 2.05) is 11.4 Å². The zero-order valence-corrected chi connectivity index (χ0v) is 12.3. The van der Waals surface area contributed by atoms with Crippen LogP contribution in [0, 0.1) is 5.82 Å². The zero-order chi connectivity index (χ0) is 14.8. The molecule has 0 unspecified atom stereocenters. The fraction of sp³-hybridized carbons (Fsp3) is 0.312. The van der Waals surface area contributed by atoms with Crippen molar-refractivity contribution in [2.24, 2.45) is 0 Å². The first-order chi connectivity index (χ1) is 10.1. The van der Waals surface area contributed by atoms with Crippen LogP contribution in [0.1, 0.15) is 33.6 Å². The van der Waals surface area contributed by atoms with Crippen LogP contribution in [0.15, 0.2) is 35.7 Å². The van der Waals surface area contributed by atoms with Gasteiger partial charge in [0.05, 0.1) is 5.56 Å². The molecule has 2 aromatic rings. The molecular weight excluding hydrogens is 289 g/mol. The topological polar surface area (TPSA) is 40.5 Å². The molecule has 110 valence electrons. The van der Waals surface area contributed by atoms with Gasteiger partial charge in [-0.1, -0.05) is 6.07 Å². The molecule has 1 aromatic carbocycles. The maximum absolute atomic E-state index is 13.6. The minimum Gasteiger partial charge on any atom is -0.478 e. The lowest BCUT2D eigenvalue weighted by Gasteiger charge is -2.21. The molecule has 1 saturated carbocycles. The molecule has 0 bridgehead atoms. The summed E-state index contributed by atoms with van der Waals surface area (Å²) in [4.78, 5) is 14.6. The molecule has 0 aliphatic heterocycles. The Labute approximate surface area is 126 Å². The van der Waals surface area contributed by atoms with Crippen molar-refractivity contribution < 1.29 is 14.3 Å². The molecule has 1 N–H and O–H groups in total. The lowest BCUT2D eigenvalue weighted by molar-refractivity contribution is 0.0696. The summed E-state index contributed by atoms with van der Waals surface area (Å²) in [6.45, 7) is 1.42. The molecule has 1 heterocycles. The van der Waals surface area contributed by atoms with E-state index in [0.717, 1.165) is 31.0 Å². The summed E-state index contributed by atoms with van der Waals surface area (Å²) in [6, 6.07) is 8.70.